The Labute approximate surface area is 231 Å². The third kappa shape index (κ3) is 4.76. The zero-order chi connectivity index (χ0) is 28.7. The largest absolute Gasteiger partial charge is 0.497 e. The van der Waals surface area contributed by atoms with Gasteiger partial charge < -0.3 is 14.2 Å². The Morgan fingerprint density at radius 1 is 0.925 bits per heavy atom. The van der Waals surface area contributed by atoms with E-state index in [0.717, 1.165) is 17.7 Å². The van der Waals surface area contributed by atoms with Crippen molar-refractivity contribution in [1.82, 2.24) is 0 Å². The first-order valence-electron chi connectivity index (χ1n) is 12.6. The van der Waals surface area contributed by atoms with Gasteiger partial charge in [-0.05, 0) is 68.3 Å². The Morgan fingerprint density at radius 3 is 2.25 bits per heavy atom. The van der Waals surface area contributed by atoms with Gasteiger partial charge in [-0.25, -0.2) is 17.2 Å². The van der Waals surface area contributed by atoms with Crippen LogP contribution in [0.2, 0.25) is 0 Å². The summed E-state index contributed by atoms with van der Waals surface area (Å²) in [5.74, 6) is -2.82. The highest BCUT2D eigenvalue weighted by atomic mass is 32.2. The first-order valence-corrected chi connectivity index (χ1v) is 15.5. The van der Waals surface area contributed by atoms with Crippen molar-refractivity contribution in [2.45, 2.75) is 40.4 Å². The monoisotopic (exact) mass is 594 g/mol. The summed E-state index contributed by atoms with van der Waals surface area (Å²) in [5, 5.41) is 0. The first kappa shape index (κ1) is 28.5. The SMILES string of the molecule is COc1ccc(S(=O)(=O)[C@@]23CCO[C@@H](CCOS(=O)(=O)c4ccc(C)cc4)[C@@H]2COc2c(F)ccc(F)c23)cc1. The maximum Gasteiger partial charge on any atom is 0.296 e. The molecular formula is C28H28F2O8S2. The lowest BCUT2D eigenvalue weighted by molar-refractivity contribution is -0.0793. The van der Waals surface area contributed by atoms with Crippen molar-refractivity contribution < 1.29 is 44.0 Å². The summed E-state index contributed by atoms with van der Waals surface area (Å²) < 4.78 is 104. The van der Waals surface area contributed by atoms with Crippen LogP contribution in [0.5, 0.6) is 11.5 Å². The molecule has 2 aliphatic rings. The molecular weight excluding hydrogens is 566 g/mol. The summed E-state index contributed by atoms with van der Waals surface area (Å²) in [6.45, 7) is 1.10. The minimum atomic E-state index is -4.38. The second-order valence-electron chi connectivity index (χ2n) is 9.76. The van der Waals surface area contributed by atoms with E-state index in [9.17, 15) is 21.2 Å². The molecule has 214 valence electrons. The first-order chi connectivity index (χ1) is 19.0. The average Bonchev–Trinajstić information content (AvgIpc) is 2.94. The molecule has 0 N–H and O–H groups in total. The van der Waals surface area contributed by atoms with Gasteiger partial charge in [0, 0.05) is 12.5 Å². The standard InChI is InChI=1S/C28H28F2O8S2/c1-18-3-7-21(8-4-18)40(33,34)38-15-13-25-22-17-37-27-24(30)12-11-23(29)26(27)28(22,14-16-36-25)39(31,32)20-9-5-19(35-2)6-10-20/h3-12,22,25H,13-17H2,1-2H3/t22-,25-,28-/m0/s1. The molecule has 0 spiro atoms. The van der Waals surface area contributed by atoms with E-state index in [1.54, 1.807) is 12.1 Å². The van der Waals surface area contributed by atoms with Crippen LogP contribution in [0.1, 0.15) is 24.0 Å². The van der Waals surface area contributed by atoms with Gasteiger partial charge in [0.05, 0.1) is 41.8 Å². The molecule has 8 nitrogen and oxygen atoms in total. The van der Waals surface area contributed by atoms with Gasteiger partial charge in [0.1, 0.15) is 16.3 Å². The lowest BCUT2D eigenvalue weighted by Crippen LogP contribution is -2.57. The van der Waals surface area contributed by atoms with Crippen LogP contribution >= 0.6 is 0 Å². The van der Waals surface area contributed by atoms with E-state index in [-0.39, 0.29) is 48.0 Å². The van der Waals surface area contributed by atoms with E-state index < -0.39 is 54.1 Å². The van der Waals surface area contributed by atoms with Crippen molar-refractivity contribution in [3.05, 3.63) is 83.4 Å². The molecule has 0 aromatic heterocycles. The average molecular weight is 595 g/mol. The summed E-state index contributed by atoms with van der Waals surface area (Å²) in [6.07, 6.45) is -1.10. The van der Waals surface area contributed by atoms with Gasteiger partial charge in [-0.3, -0.25) is 4.18 Å². The fourth-order valence-corrected chi connectivity index (χ4v) is 8.79. The Morgan fingerprint density at radius 2 is 1.57 bits per heavy atom. The van der Waals surface area contributed by atoms with E-state index >= 15 is 4.39 Å². The van der Waals surface area contributed by atoms with Crippen molar-refractivity contribution in [3.8, 4) is 11.5 Å². The van der Waals surface area contributed by atoms with E-state index in [2.05, 4.69) is 0 Å². The second-order valence-corrected chi connectivity index (χ2v) is 13.6. The van der Waals surface area contributed by atoms with Crippen molar-refractivity contribution in [1.29, 1.82) is 0 Å². The maximum absolute atomic E-state index is 15.5. The van der Waals surface area contributed by atoms with Crippen LogP contribution in [0, 0.1) is 24.5 Å². The van der Waals surface area contributed by atoms with Crippen LogP contribution in [0.3, 0.4) is 0 Å². The van der Waals surface area contributed by atoms with Gasteiger partial charge in [0.25, 0.3) is 10.1 Å². The summed E-state index contributed by atoms with van der Waals surface area (Å²) in [6, 6.07) is 13.6. The molecule has 0 unspecified atom stereocenters. The van der Waals surface area contributed by atoms with E-state index in [1.807, 2.05) is 6.92 Å². The Kier molecular flexibility index (Phi) is 7.64. The second kappa shape index (κ2) is 10.7. The molecule has 5 rings (SSSR count). The highest BCUT2D eigenvalue weighted by Gasteiger charge is 2.61. The molecule has 0 aliphatic carbocycles. The normalized spacial score (nSPS) is 22.6. The van der Waals surface area contributed by atoms with Crippen molar-refractivity contribution in [2.24, 2.45) is 5.92 Å². The van der Waals surface area contributed by atoms with E-state index in [0.29, 0.717) is 5.75 Å². The number of fused-ring (bicyclic) bond motifs is 3. The summed E-state index contributed by atoms with van der Waals surface area (Å²) >= 11 is 0. The smallest absolute Gasteiger partial charge is 0.296 e. The van der Waals surface area contributed by atoms with Gasteiger partial charge in [-0.15, -0.1) is 0 Å². The molecule has 40 heavy (non-hydrogen) atoms. The highest BCUT2D eigenvalue weighted by molar-refractivity contribution is 7.92. The van der Waals surface area contributed by atoms with Gasteiger partial charge in [0.15, 0.2) is 21.4 Å². The topological polar surface area (TPSA) is 105 Å². The van der Waals surface area contributed by atoms with Crippen LogP contribution in [-0.4, -0.2) is 49.9 Å². The molecule has 3 aromatic carbocycles. The van der Waals surface area contributed by atoms with Crippen molar-refractivity contribution >= 4 is 20.0 Å². The molecule has 2 heterocycles. The number of hydrogen-bond acceptors (Lipinski definition) is 8. The minimum Gasteiger partial charge on any atom is -0.497 e. The number of ether oxygens (including phenoxy) is 3. The van der Waals surface area contributed by atoms with Crippen LogP contribution in [0.25, 0.3) is 0 Å². The predicted octanol–water partition coefficient (Wildman–Crippen LogP) is 4.54. The maximum atomic E-state index is 15.5. The molecule has 0 radical (unpaired) electrons. The number of aryl methyl sites for hydroxylation is 1. The molecule has 0 bridgehead atoms. The Balaban J connectivity index is 1.52. The van der Waals surface area contributed by atoms with Crippen molar-refractivity contribution in [3.63, 3.8) is 0 Å². The highest BCUT2D eigenvalue weighted by Crippen LogP contribution is 2.56. The Bertz CT molecular complexity index is 1610. The number of methoxy groups -OCH3 is 1. The molecule has 0 saturated carbocycles. The fourth-order valence-electron chi connectivity index (χ4n) is 5.52. The van der Waals surface area contributed by atoms with Gasteiger partial charge in [-0.1, -0.05) is 17.7 Å². The quantitative estimate of drug-likeness (QED) is 0.350. The molecule has 12 heteroatoms. The third-order valence-electron chi connectivity index (χ3n) is 7.54. The molecule has 2 aliphatic heterocycles. The summed E-state index contributed by atoms with van der Waals surface area (Å²) in [5.41, 5.74) is 0.492. The number of rotatable bonds is 8. The predicted molar refractivity (Wildman–Crippen MR) is 140 cm³/mol. The number of sulfone groups is 1. The molecule has 1 fully saturated rings. The summed E-state index contributed by atoms with van der Waals surface area (Å²) in [7, 11) is -7.02. The van der Waals surface area contributed by atoms with Gasteiger partial charge in [-0.2, -0.15) is 8.42 Å². The van der Waals surface area contributed by atoms with Gasteiger partial charge >= 0.3 is 0 Å². The van der Waals surface area contributed by atoms with Crippen molar-refractivity contribution in [2.75, 3.05) is 26.9 Å². The zero-order valence-corrected chi connectivity index (χ0v) is 23.4. The van der Waals surface area contributed by atoms with Gasteiger partial charge in [0.2, 0.25) is 0 Å². The number of hydrogen-bond donors (Lipinski definition) is 0. The van der Waals surface area contributed by atoms with Crippen LogP contribution in [0.4, 0.5) is 8.78 Å². The fraction of sp³-hybridized carbons (Fsp3) is 0.357. The van der Waals surface area contributed by atoms with Crippen LogP contribution in [-0.2, 0) is 33.6 Å². The lowest BCUT2D eigenvalue weighted by Gasteiger charge is -2.50. The van der Waals surface area contributed by atoms with E-state index in [4.69, 9.17) is 18.4 Å². The zero-order valence-electron chi connectivity index (χ0n) is 21.8. The summed E-state index contributed by atoms with van der Waals surface area (Å²) in [4.78, 5) is -0.125. The number of benzene rings is 3. The van der Waals surface area contributed by atoms with Crippen LogP contribution in [0.15, 0.2) is 70.5 Å². The lowest BCUT2D eigenvalue weighted by atomic mass is 9.75. The molecule has 3 atom stereocenters. The Hall–Kier alpha value is -3.06. The minimum absolute atomic E-state index is 0.0217. The van der Waals surface area contributed by atoms with E-state index in [1.165, 1.54) is 43.5 Å². The van der Waals surface area contributed by atoms with Crippen LogP contribution < -0.4 is 9.47 Å². The number of halogens is 2. The molecule has 1 saturated heterocycles. The molecule has 3 aromatic rings. The molecule has 0 amide bonds. The third-order valence-corrected chi connectivity index (χ3v) is 11.4.